The Labute approximate surface area is 114 Å². The normalized spacial score (nSPS) is 23.4. The van der Waals surface area contributed by atoms with Crippen molar-refractivity contribution in [2.75, 3.05) is 13.1 Å². The van der Waals surface area contributed by atoms with Gasteiger partial charge in [-0.05, 0) is 31.6 Å². The second kappa shape index (κ2) is 6.37. The van der Waals surface area contributed by atoms with Crippen molar-refractivity contribution in [3.05, 3.63) is 0 Å². The lowest BCUT2D eigenvalue weighted by molar-refractivity contribution is -0.138. The zero-order chi connectivity index (χ0) is 13.8. The first-order valence-corrected chi connectivity index (χ1v) is 7.39. The number of nitrogens with one attached hydrogen (secondary N) is 1. The monoisotopic (exact) mass is 267 g/mol. The van der Waals surface area contributed by atoms with Gasteiger partial charge >= 0.3 is 0 Å². The smallest absolute Gasteiger partial charge is 0.245 e. The Balaban J connectivity index is 2.00. The fourth-order valence-corrected chi connectivity index (χ4v) is 3.21. The number of hydrogen-bond donors (Lipinski definition) is 2. The molecule has 3 N–H and O–H groups in total. The van der Waals surface area contributed by atoms with Gasteiger partial charge in [0.1, 0.15) is 6.04 Å². The van der Waals surface area contributed by atoms with E-state index < -0.39 is 0 Å². The van der Waals surface area contributed by atoms with E-state index in [2.05, 4.69) is 5.32 Å². The Morgan fingerprint density at radius 3 is 2.26 bits per heavy atom. The zero-order valence-corrected chi connectivity index (χ0v) is 11.7. The van der Waals surface area contributed by atoms with Crippen LogP contribution in [0.15, 0.2) is 0 Å². The van der Waals surface area contributed by atoms with Crippen molar-refractivity contribution in [1.29, 1.82) is 0 Å². The van der Waals surface area contributed by atoms with E-state index in [-0.39, 0.29) is 23.9 Å². The van der Waals surface area contributed by atoms with Crippen LogP contribution in [0, 0.1) is 5.92 Å². The van der Waals surface area contributed by atoms with Crippen molar-refractivity contribution in [2.24, 2.45) is 11.7 Å². The summed E-state index contributed by atoms with van der Waals surface area (Å²) in [5, 5.41) is 2.87. The molecule has 2 fully saturated rings. The van der Waals surface area contributed by atoms with E-state index in [1.54, 1.807) is 0 Å². The number of rotatable bonds is 3. The third-order valence-corrected chi connectivity index (χ3v) is 4.35. The lowest BCUT2D eigenvalue weighted by Gasteiger charge is -2.34. The number of amides is 2. The lowest BCUT2D eigenvalue weighted by atomic mass is 9.95. The molecule has 0 aromatic carbocycles. The molecule has 1 atom stereocenters. The molecule has 108 valence electrons. The molecule has 2 rings (SSSR count). The van der Waals surface area contributed by atoms with Crippen molar-refractivity contribution in [3.8, 4) is 0 Å². The largest absolute Gasteiger partial charge is 0.344 e. The topological polar surface area (TPSA) is 75.4 Å². The highest BCUT2D eigenvalue weighted by atomic mass is 16.2. The molecular formula is C14H25N3O2. The third kappa shape index (κ3) is 3.69. The molecule has 0 spiro atoms. The average Bonchev–Trinajstić information content (AvgIpc) is 2.89. The van der Waals surface area contributed by atoms with Crippen LogP contribution in [0.4, 0.5) is 0 Å². The molecule has 0 aromatic rings. The molecule has 5 heteroatoms. The number of piperidine rings is 1. The van der Waals surface area contributed by atoms with Crippen molar-refractivity contribution in [3.63, 3.8) is 0 Å². The fourth-order valence-electron chi connectivity index (χ4n) is 3.21. The van der Waals surface area contributed by atoms with E-state index in [9.17, 15) is 9.59 Å². The molecule has 1 saturated carbocycles. The molecule has 0 aromatic heterocycles. The predicted molar refractivity (Wildman–Crippen MR) is 73.4 cm³/mol. The number of nitrogens with two attached hydrogens (primary N) is 1. The minimum Gasteiger partial charge on any atom is -0.344 e. The van der Waals surface area contributed by atoms with Gasteiger partial charge < -0.3 is 16.0 Å². The van der Waals surface area contributed by atoms with Gasteiger partial charge in [0.2, 0.25) is 11.8 Å². The van der Waals surface area contributed by atoms with Crippen LogP contribution in [0.1, 0.15) is 45.4 Å². The van der Waals surface area contributed by atoms with Gasteiger partial charge in [-0.25, -0.2) is 0 Å². The van der Waals surface area contributed by atoms with E-state index in [0.717, 1.165) is 38.8 Å². The van der Waals surface area contributed by atoms with E-state index in [1.807, 2.05) is 4.90 Å². The second-order valence-electron chi connectivity index (χ2n) is 5.89. The van der Waals surface area contributed by atoms with Crippen molar-refractivity contribution in [1.82, 2.24) is 10.2 Å². The molecule has 1 unspecified atom stereocenters. The van der Waals surface area contributed by atoms with Gasteiger partial charge in [-0.15, -0.1) is 0 Å². The number of carbonyl (C=O) groups excluding carboxylic acids is 2. The Morgan fingerprint density at radius 2 is 1.74 bits per heavy atom. The fraction of sp³-hybridized carbons (Fsp3) is 0.857. The van der Waals surface area contributed by atoms with E-state index >= 15 is 0 Å². The molecular weight excluding hydrogens is 242 g/mol. The maximum atomic E-state index is 12.6. The lowest BCUT2D eigenvalue weighted by Crippen LogP contribution is -2.54. The van der Waals surface area contributed by atoms with Crippen LogP contribution in [0.2, 0.25) is 0 Å². The quantitative estimate of drug-likeness (QED) is 0.787. The SMILES string of the molecule is CC(=O)NC(C(=O)N1CCC(N)CC1)C1CCCC1. The van der Waals surface area contributed by atoms with Crippen LogP contribution in [0.3, 0.4) is 0 Å². The minimum absolute atomic E-state index is 0.0917. The molecule has 5 nitrogen and oxygen atoms in total. The van der Waals surface area contributed by atoms with Crippen LogP contribution in [-0.4, -0.2) is 41.9 Å². The second-order valence-corrected chi connectivity index (χ2v) is 5.89. The van der Waals surface area contributed by atoms with Gasteiger partial charge in [-0.2, -0.15) is 0 Å². The molecule has 2 aliphatic rings. The Kier molecular flexibility index (Phi) is 4.80. The molecule has 1 aliphatic carbocycles. The van der Waals surface area contributed by atoms with Crippen LogP contribution < -0.4 is 11.1 Å². The Morgan fingerprint density at radius 1 is 1.16 bits per heavy atom. The number of hydrogen-bond acceptors (Lipinski definition) is 3. The summed E-state index contributed by atoms with van der Waals surface area (Å²) in [5.41, 5.74) is 5.87. The van der Waals surface area contributed by atoms with Crippen LogP contribution in [0.5, 0.6) is 0 Å². The van der Waals surface area contributed by atoms with E-state index in [0.29, 0.717) is 5.92 Å². The number of carbonyl (C=O) groups is 2. The summed E-state index contributed by atoms with van der Waals surface area (Å²) in [4.78, 5) is 25.8. The standard InChI is InChI=1S/C14H25N3O2/c1-10(18)16-13(11-4-2-3-5-11)14(19)17-8-6-12(15)7-9-17/h11-13H,2-9,15H2,1H3,(H,16,18). The first-order chi connectivity index (χ1) is 9.08. The van der Waals surface area contributed by atoms with Gasteiger partial charge in [-0.3, -0.25) is 9.59 Å². The summed E-state index contributed by atoms with van der Waals surface area (Å²) in [6, 6.07) is -0.107. The third-order valence-electron chi connectivity index (χ3n) is 4.35. The molecule has 1 heterocycles. The van der Waals surface area contributed by atoms with Gasteiger partial charge in [0.05, 0.1) is 0 Å². The summed E-state index contributed by atoms with van der Waals surface area (Å²) in [6.07, 6.45) is 6.15. The summed E-state index contributed by atoms with van der Waals surface area (Å²) in [5.74, 6) is 0.292. The number of nitrogens with zero attached hydrogens (tertiary/aromatic N) is 1. The van der Waals surface area contributed by atoms with Gasteiger partial charge in [-0.1, -0.05) is 12.8 Å². The van der Waals surface area contributed by atoms with Crippen molar-refractivity contribution >= 4 is 11.8 Å². The average molecular weight is 267 g/mol. The van der Waals surface area contributed by atoms with Gasteiger partial charge in [0.15, 0.2) is 0 Å². The van der Waals surface area contributed by atoms with Crippen LogP contribution >= 0.6 is 0 Å². The molecule has 1 saturated heterocycles. The maximum absolute atomic E-state index is 12.6. The molecule has 1 aliphatic heterocycles. The van der Waals surface area contributed by atoms with Crippen LogP contribution in [-0.2, 0) is 9.59 Å². The predicted octanol–water partition coefficient (Wildman–Crippen LogP) is 0.631. The molecule has 0 radical (unpaired) electrons. The van der Waals surface area contributed by atoms with Crippen molar-refractivity contribution < 1.29 is 9.59 Å². The summed E-state index contributed by atoms with van der Waals surface area (Å²) >= 11 is 0. The number of likely N-dealkylation sites (tertiary alicyclic amines) is 1. The molecule has 19 heavy (non-hydrogen) atoms. The Bertz CT molecular complexity index is 332. The summed E-state index contributed by atoms with van der Waals surface area (Å²) < 4.78 is 0. The van der Waals surface area contributed by atoms with E-state index in [4.69, 9.17) is 5.73 Å². The first kappa shape index (κ1) is 14.3. The highest BCUT2D eigenvalue weighted by molar-refractivity contribution is 5.87. The zero-order valence-electron chi connectivity index (χ0n) is 11.7. The Hall–Kier alpha value is -1.10. The highest BCUT2D eigenvalue weighted by Crippen LogP contribution is 2.29. The van der Waals surface area contributed by atoms with Crippen LogP contribution in [0.25, 0.3) is 0 Å². The molecule has 2 amide bonds. The summed E-state index contributed by atoms with van der Waals surface area (Å²) in [6.45, 7) is 2.94. The summed E-state index contributed by atoms with van der Waals surface area (Å²) in [7, 11) is 0. The van der Waals surface area contributed by atoms with E-state index in [1.165, 1.54) is 19.8 Å². The van der Waals surface area contributed by atoms with Gasteiger partial charge in [0, 0.05) is 26.1 Å². The van der Waals surface area contributed by atoms with Crippen molar-refractivity contribution in [2.45, 2.75) is 57.5 Å². The highest BCUT2D eigenvalue weighted by Gasteiger charge is 2.34. The maximum Gasteiger partial charge on any atom is 0.245 e. The molecule has 0 bridgehead atoms. The van der Waals surface area contributed by atoms with Gasteiger partial charge in [0.25, 0.3) is 0 Å². The first-order valence-electron chi connectivity index (χ1n) is 7.39. The minimum atomic E-state index is -0.325.